The van der Waals surface area contributed by atoms with Gasteiger partial charge in [-0.15, -0.1) is 22.9 Å². The molecule has 2 aromatic heterocycles. The largest absolute Gasteiger partial charge is 0.253 e. The van der Waals surface area contributed by atoms with Gasteiger partial charge in [0.05, 0.1) is 13.8 Å². The van der Waals surface area contributed by atoms with Crippen molar-refractivity contribution in [2.75, 3.05) is 0 Å². The Morgan fingerprint density at radius 3 is 2.84 bits per heavy atom. The monoisotopic (exact) mass is 399 g/mol. The molecule has 3 aromatic rings. The van der Waals surface area contributed by atoms with Crippen molar-refractivity contribution < 1.29 is 0 Å². The molecule has 0 aliphatic carbocycles. The van der Waals surface area contributed by atoms with Crippen molar-refractivity contribution in [1.82, 2.24) is 4.98 Å². The molecule has 4 heteroatoms. The zero-order valence-electron chi connectivity index (χ0n) is 10.0. The van der Waals surface area contributed by atoms with Gasteiger partial charge in [0.25, 0.3) is 0 Å². The molecular weight excluding hydrogens is 389 g/mol. The number of benzene rings is 1. The predicted molar refractivity (Wildman–Crippen MR) is 91.1 cm³/mol. The summed E-state index contributed by atoms with van der Waals surface area (Å²) in [5.41, 5.74) is 3.26. The van der Waals surface area contributed by atoms with Crippen LogP contribution in [0.4, 0.5) is 0 Å². The fraction of sp³-hybridized carbons (Fsp3) is 0.133. The number of rotatable bonds is 3. The van der Waals surface area contributed by atoms with E-state index in [4.69, 9.17) is 11.6 Å². The number of hydrogen-bond acceptors (Lipinski definition) is 2. The summed E-state index contributed by atoms with van der Waals surface area (Å²) in [5, 5.41) is 3.29. The lowest BCUT2D eigenvalue weighted by Crippen LogP contribution is -1.97. The Balaban J connectivity index is 1.84. The molecule has 2 heterocycles. The zero-order valence-corrected chi connectivity index (χ0v) is 13.7. The van der Waals surface area contributed by atoms with Crippen LogP contribution in [-0.4, -0.2) is 4.98 Å². The number of alkyl halides is 1. The van der Waals surface area contributed by atoms with E-state index in [1.165, 1.54) is 13.8 Å². The second-order valence-electron chi connectivity index (χ2n) is 4.35. The van der Waals surface area contributed by atoms with E-state index in [0.29, 0.717) is 0 Å². The molecule has 3 rings (SSSR count). The van der Waals surface area contributed by atoms with Crippen LogP contribution in [0.2, 0.25) is 0 Å². The summed E-state index contributed by atoms with van der Waals surface area (Å²) in [5.74, 6) is 0. The third-order valence-electron chi connectivity index (χ3n) is 2.99. The number of pyridine rings is 1. The van der Waals surface area contributed by atoms with E-state index in [2.05, 4.69) is 57.2 Å². The molecule has 0 radical (unpaired) electrons. The van der Waals surface area contributed by atoms with Gasteiger partial charge in [-0.25, -0.2) is 0 Å². The van der Waals surface area contributed by atoms with Gasteiger partial charge in [-0.3, -0.25) is 4.98 Å². The molecule has 1 nitrogen and oxygen atoms in total. The summed E-state index contributed by atoms with van der Waals surface area (Å²) in [7, 11) is 0. The smallest absolute Gasteiger partial charge is 0.0705 e. The predicted octanol–water partition coefficient (Wildman–Crippen LogP) is 5.42. The van der Waals surface area contributed by atoms with Crippen LogP contribution in [0.3, 0.4) is 0 Å². The van der Waals surface area contributed by atoms with E-state index in [1.54, 1.807) is 11.3 Å². The number of halogens is 2. The summed E-state index contributed by atoms with van der Waals surface area (Å²) in [6.45, 7) is 0. The zero-order chi connectivity index (χ0) is 13.2. The van der Waals surface area contributed by atoms with Gasteiger partial charge in [0.2, 0.25) is 0 Å². The maximum absolute atomic E-state index is 6.47. The van der Waals surface area contributed by atoms with Crippen molar-refractivity contribution in [3.05, 3.63) is 62.0 Å². The third-order valence-corrected chi connectivity index (χ3v) is 5.21. The van der Waals surface area contributed by atoms with E-state index >= 15 is 0 Å². The van der Waals surface area contributed by atoms with Gasteiger partial charge < -0.3 is 0 Å². The maximum Gasteiger partial charge on any atom is 0.0705 e. The Kier molecular flexibility index (Phi) is 4.05. The van der Waals surface area contributed by atoms with Gasteiger partial charge in [-0.2, -0.15) is 0 Å². The van der Waals surface area contributed by atoms with Crippen LogP contribution in [0.15, 0.2) is 47.8 Å². The molecule has 1 unspecified atom stereocenters. The Hall–Kier alpha value is -0.650. The van der Waals surface area contributed by atoms with Crippen LogP contribution < -0.4 is 0 Å². The summed E-state index contributed by atoms with van der Waals surface area (Å²) in [6, 6.07) is 14.5. The molecule has 0 aliphatic heterocycles. The summed E-state index contributed by atoms with van der Waals surface area (Å²) < 4.78 is 1.27. The highest BCUT2D eigenvalue weighted by molar-refractivity contribution is 14.1. The average Bonchev–Trinajstić information content (AvgIpc) is 2.85. The molecule has 19 heavy (non-hydrogen) atoms. The van der Waals surface area contributed by atoms with Crippen molar-refractivity contribution in [1.29, 1.82) is 0 Å². The molecule has 0 bridgehead atoms. The molecular formula is C15H11ClINS. The topological polar surface area (TPSA) is 12.9 Å². The highest BCUT2D eigenvalue weighted by Gasteiger charge is 2.12. The van der Waals surface area contributed by atoms with Crippen LogP contribution in [0.1, 0.15) is 16.6 Å². The molecule has 0 spiro atoms. The highest BCUT2D eigenvalue weighted by atomic mass is 127. The maximum atomic E-state index is 6.47. The standard InChI is InChI=1S/C15H11ClINS/c16-13(11-7-15(17)19-9-11)8-12-6-5-10-3-1-2-4-14(10)18-12/h1-7,9,13H,8H2. The second kappa shape index (κ2) is 5.77. The Morgan fingerprint density at radius 2 is 2.05 bits per heavy atom. The lowest BCUT2D eigenvalue weighted by Gasteiger charge is -2.08. The number of fused-ring (bicyclic) bond motifs is 1. The van der Waals surface area contributed by atoms with E-state index < -0.39 is 0 Å². The molecule has 0 aliphatic rings. The van der Waals surface area contributed by atoms with E-state index in [-0.39, 0.29) is 5.38 Å². The summed E-state index contributed by atoms with van der Waals surface area (Å²) >= 11 is 10.5. The number of para-hydroxylation sites is 1. The van der Waals surface area contributed by atoms with Crippen molar-refractivity contribution in [3.63, 3.8) is 0 Å². The fourth-order valence-electron chi connectivity index (χ4n) is 2.01. The van der Waals surface area contributed by atoms with Crippen LogP contribution in [0.25, 0.3) is 10.9 Å². The van der Waals surface area contributed by atoms with E-state index in [1.807, 2.05) is 18.2 Å². The molecule has 0 saturated carbocycles. The van der Waals surface area contributed by atoms with Gasteiger partial charge in [0, 0.05) is 17.5 Å². The average molecular weight is 400 g/mol. The van der Waals surface area contributed by atoms with Crippen molar-refractivity contribution in [2.24, 2.45) is 0 Å². The minimum absolute atomic E-state index is 0.00608. The van der Waals surface area contributed by atoms with Crippen LogP contribution in [0.5, 0.6) is 0 Å². The molecule has 0 fully saturated rings. The number of nitrogens with zero attached hydrogens (tertiary/aromatic N) is 1. The van der Waals surface area contributed by atoms with E-state index in [9.17, 15) is 0 Å². The highest BCUT2D eigenvalue weighted by Crippen LogP contribution is 2.29. The minimum atomic E-state index is -0.00608. The first-order chi connectivity index (χ1) is 9.22. The van der Waals surface area contributed by atoms with Crippen molar-refractivity contribution in [2.45, 2.75) is 11.8 Å². The van der Waals surface area contributed by atoms with Gasteiger partial charge in [0.1, 0.15) is 0 Å². The lowest BCUT2D eigenvalue weighted by molar-refractivity contribution is 0.892. The van der Waals surface area contributed by atoms with Crippen molar-refractivity contribution in [3.8, 4) is 0 Å². The molecule has 1 atom stereocenters. The first kappa shape index (κ1) is 13.3. The molecule has 0 amide bonds. The summed E-state index contributed by atoms with van der Waals surface area (Å²) in [6.07, 6.45) is 0.763. The number of thiophene rings is 1. The fourth-order valence-corrected chi connectivity index (χ4v) is 3.80. The normalized spacial score (nSPS) is 12.7. The van der Waals surface area contributed by atoms with Crippen LogP contribution >= 0.6 is 45.5 Å². The molecule has 96 valence electrons. The second-order valence-corrected chi connectivity index (χ2v) is 7.68. The number of aromatic nitrogens is 1. The lowest BCUT2D eigenvalue weighted by atomic mass is 10.1. The Bertz CT molecular complexity index is 710. The quantitative estimate of drug-likeness (QED) is 0.423. The van der Waals surface area contributed by atoms with E-state index in [0.717, 1.165) is 17.6 Å². The van der Waals surface area contributed by atoms with Crippen LogP contribution in [-0.2, 0) is 6.42 Å². The molecule has 1 aromatic carbocycles. The van der Waals surface area contributed by atoms with Gasteiger partial charge in [-0.05, 0) is 51.7 Å². The van der Waals surface area contributed by atoms with Crippen molar-refractivity contribution >= 4 is 56.4 Å². The first-order valence-corrected chi connectivity index (χ1v) is 8.34. The summed E-state index contributed by atoms with van der Waals surface area (Å²) in [4.78, 5) is 4.66. The SMILES string of the molecule is ClC(Cc1ccc2ccccc2n1)c1csc(I)c1. The first-order valence-electron chi connectivity index (χ1n) is 5.95. The van der Waals surface area contributed by atoms with Gasteiger partial charge in [0.15, 0.2) is 0 Å². The van der Waals surface area contributed by atoms with Gasteiger partial charge >= 0.3 is 0 Å². The Labute approximate surface area is 134 Å². The van der Waals surface area contributed by atoms with Gasteiger partial charge in [-0.1, -0.05) is 24.3 Å². The Morgan fingerprint density at radius 1 is 1.21 bits per heavy atom. The number of hydrogen-bond donors (Lipinski definition) is 0. The van der Waals surface area contributed by atoms with Crippen LogP contribution in [0, 0.1) is 2.88 Å². The third kappa shape index (κ3) is 3.09. The molecule has 0 N–H and O–H groups in total. The minimum Gasteiger partial charge on any atom is -0.253 e. The molecule has 0 saturated heterocycles.